The third kappa shape index (κ3) is 3.56. The number of anilines is 1. The summed E-state index contributed by atoms with van der Waals surface area (Å²) >= 11 is 5.96. The third-order valence-corrected chi connectivity index (χ3v) is 4.48. The number of nitro benzene ring substituents is 1. The molecule has 1 amide bonds. The second-order valence-electron chi connectivity index (χ2n) is 5.65. The number of halogens is 2. The van der Waals surface area contributed by atoms with Crippen LogP contribution in [0.3, 0.4) is 0 Å². The molecular formula is C17H15ClFN3O3. The molecule has 0 aliphatic carbocycles. The van der Waals surface area contributed by atoms with Crippen LogP contribution in [0, 0.1) is 15.9 Å². The zero-order valence-electron chi connectivity index (χ0n) is 13.2. The van der Waals surface area contributed by atoms with Gasteiger partial charge in [0.1, 0.15) is 5.82 Å². The monoisotopic (exact) mass is 363 g/mol. The number of amides is 1. The first-order valence-electron chi connectivity index (χ1n) is 7.70. The molecule has 0 bridgehead atoms. The van der Waals surface area contributed by atoms with Crippen LogP contribution in [0.1, 0.15) is 10.4 Å². The number of rotatable bonds is 3. The largest absolute Gasteiger partial charge is 0.368 e. The van der Waals surface area contributed by atoms with Crippen LogP contribution < -0.4 is 4.90 Å². The lowest BCUT2D eigenvalue weighted by atomic mass is 10.1. The van der Waals surface area contributed by atoms with Crippen LogP contribution >= 0.6 is 11.6 Å². The summed E-state index contributed by atoms with van der Waals surface area (Å²) in [5.74, 6) is -1.05. The van der Waals surface area contributed by atoms with Crippen LogP contribution in [0.15, 0.2) is 42.5 Å². The molecule has 0 saturated carbocycles. The molecule has 0 unspecified atom stereocenters. The van der Waals surface area contributed by atoms with E-state index in [0.29, 0.717) is 26.2 Å². The van der Waals surface area contributed by atoms with Crippen molar-refractivity contribution in [1.29, 1.82) is 0 Å². The fourth-order valence-corrected chi connectivity index (χ4v) is 3.06. The van der Waals surface area contributed by atoms with Gasteiger partial charge in [0, 0.05) is 44.0 Å². The highest BCUT2D eigenvalue weighted by Crippen LogP contribution is 2.24. The molecule has 2 aromatic carbocycles. The number of benzene rings is 2. The van der Waals surface area contributed by atoms with Crippen molar-refractivity contribution in [1.82, 2.24) is 4.90 Å². The molecule has 1 heterocycles. The summed E-state index contributed by atoms with van der Waals surface area (Å²) in [5.41, 5.74) is 0.779. The van der Waals surface area contributed by atoms with Crippen molar-refractivity contribution >= 4 is 28.9 Å². The Hall–Kier alpha value is -2.67. The van der Waals surface area contributed by atoms with Crippen molar-refractivity contribution in [3.63, 3.8) is 0 Å². The summed E-state index contributed by atoms with van der Waals surface area (Å²) in [6, 6.07) is 10.4. The maximum Gasteiger partial charge on any atom is 0.269 e. The lowest BCUT2D eigenvalue weighted by molar-refractivity contribution is -0.384. The topological polar surface area (TPSA) is 66.7 Å². The maximum atomic E-state index is 13.9. The molecule has 1 aliphatic rings. The number of nitrogens with zero attached hydrogens (tertiary/aromatic N) is 3. The number of carbonyl (C=O) groups excluding carboxylic acids is 1. The van der Waals surface area contributed by atoms with Gasteiger partial charge in [-0.05, 0) is 24.3 Å². The molecule has 130 valence electrons. The molecule has 0 atom stereocenters. The summed E-state index contributed by atoms with van der Waals surface area (Å²) < 4.78 is 13.9. The lowest BCUT2D eigenvalue weighted by Crippen LogP contribution is -2.49. The van der Waals surface area contributed by atoms with Gasteiger partial charge in [-0.2, -0.15) is 0 Å². The van der Waals surface area contributed by atoms with Crippen LogP contribution in [-0.4, -0.2) is 41.9 Å². The van der Waals surface area contributed by atoms with Crippen LogP contribution in [-0.2, 0) is 0 Å². The van der Waals surface area contributed by atoms with Gasteiger partial charge in [-0.1, -0.05) is 17.7 Å². The summed E-state index contributed by atoms with van der Waals surface area (Å²) in [7, 11) is 0. The molecule has 8 heteroatoms. The van der Waals surface area contributed by atoms with Gasteiger partial charge in [-0.3, -0.25) is 14.9 Å². The highest BCUT2D eigenvalue weighted by atomic mass is 35.5. The van der Waals surface area contributed by atoms with Gasteiger partial charge in [0.15, 0.2) is 0 Å². The van der Waals surface area contributed by atoms with Crippen molar-refractivity contribution in [2.45, 2.75) is 0 Å². The number of hydrogen-bond acceptors (Lipinski definition) is 4. The molecule has 1 fully saturated rings. The molecule has 0 spiro atoms. The van der Waals surface area contributed by atoms with Gasteiger partial charge >= 0.3 is 0 Å². The fourth-order valence-electron chi connectivity index (χ4n) is 2.81. The van der Waals surface area contributed by atoms with Crippen molar-refractivity contribution in [2.24, 2.45) is 0 Å². The minimum Gasteiger partial charge on any atom is -0.368 e. The van der Waals surface area contributed by atoms with E-state index < -0.39 is 16.6 Å². The SMILES string of the molecule is O=C(c1c(F)cccc1Cl)N1CCN(c2ccc([N+](=O)[O-])cc2)CC1. The normalized spacial score (nSPS) is 14.5. The quantitative estimate of drug-likeness (QED) is 0.619. The lowest BCUT2D eigenvalue weighted by Gasteiger charge is -2.36. The summed E-state index contributed by atoms with van der Waals surface area (Å²) in [5, 5.41) is 10.8. The Labute approximate surface area is 148 Å². The Morgan fingerprint density at radius 2 is 1.72 bits per heavy atom. The number of non-ortho nitro benzene ring substituents is 1. The number of piperazine rings is 1. The second kappa shape index (κ2) is 7.06. The number of nitro groups is 1. The molecule has 1 aliphatic heterocycles. The average Bonchev–Trinajstić information content (AvgIpc) is 2.61. The third-order valence-electron chi connectivity index (χ3n) is 4.17. The minimum absolute atomic E-state index is 0.0340. The molecule has 0 radical (unpaired) electrons. The van der Waals surface area contributed by atoms with Crippen molar-refractivity contribution in [3.05, 3.63) is 69.0 Å². The molecule has 3 rings (SSSR count). The van der Waals surface area contributed by atoms with Crippen LogP contribution in [0.4, 0.5) is 15.8 Å². The van der Waals surface area contributed by atoms with Crippen LogP contribution in [0.5, 0.6) is 0 Å². The molecule has 25 heavy (non-hydrogen) atoms. The van der Waals surface area contributed by atoms with Gasteiger partial charge in [-0.25, -0.2) is 4.39 Å². The highest BCUT2D eigenvalue weighted by Gasteiger charge is 2.26. The van der Waals surface area contributed by atoms with E-state index in [-0.39, 0.29) is 16.3 Å². The molecule has 6 nitrogen and oxygen atoms in total. The highest BCUT2D eigenvalue weighted by molar-refractivity contribution is 6.33. The van der Waals surface area contributed by atoms with Gasteiger partial charge in [0.05, 0.1) is 15.5 Å². The zero-order chi connectivity index (χ0) is 18.0. The first-order chi connectivity index (χ1) is 12.0. The molecule has 2 aromatic rings. The van der Waals surface area contributed by atoms with E-state index >= 15 is 0 Å². The van der Waals surface area contributed by atoms with E-state index in [9.17, 15) is 19.3 Å². The van der Waals surface area contributed by atoms with E-state index in [0.717, 1.165) is 5.69 Å². The van der Waals surface area contributed by atoms with E-state index in [4.69, 9.17) is 11.6 Å². The molecule has 1 saturated heterocycles. The van der Waals surface area contributed by atoms with E-state index in [1.54, 1.807) is 17.0 Å². The Morgan fingerprint density at radius 3 is 2.28 bits per heavy atom. The molecular weight excluding hydrogens is 349 g/mol. The summed E-state index contributed by atoms with van der Waals surface area (Å²) in [6.07, 6.45) is 0. The Morgan fingerprint density at radius 1 is 1.08 bits per heavy atom. The fraction of sp³-hybridized carbons (Fsp3) is 0.235. The van der Waals surface area contributed by atoms with E-state index in [1.165, 1.54) is 30.3 Å². The standard InChI is InChI=1S/C17H15ClFN3O3/c18-14-2-1-3-15(19)16(14)17(23)21-10-8-20(9-11-21)12-4-6-13(7-5-12)22(24)25/h1-7H,8-11H2. The van der Waals surface area contributed by atoms with E-state index in [2.05, 4.69) is 0 Å². The predicted molar refractivity (Wildman–Crippen MR) is 92.6 cm³/mol. The first-order valence-corrected chi connectivity index (χ1v) is 8.08. The van der Waals surface area contributed by atoms with Crippen molar-refractivity contribution < 1.29 is 14.1 Å². The Balaban J connectivity index is 1.67. The van der Waals surface area contributed by atoms with Gasteiger partial charge < -0.3 is 9.80 Å². The van der Waals surface area contributed by atoms with Gasteiger partial charge in [-0.15, -0.1) is 0 Å². The molecule has 0 N–H and O–H groups in total. The molecule has 0 aromatic heterocycles. The smallest absolute Gasteiger partial charge is 0.269 e. The average molecular weight is 364 g/mol. The zero-order valence-corrected chi connectivity index (χ0v) is 13.9. The second-order valence-corrected chi connectivity index (χ2v) is 6.06. The van der Waals surface area contributed by atoms with Crippen LogP contribution in [0.2, 0.25) is 5.02 Å². The Kier molecular flexibility index (Phi) is 4.85. The van der Waals surface area contributed by atoms with E-state index in [1.807, 2.05) is 4.90 Å². The van der Waals surface area contributed by atoms with Crippen molar-refractivity contribution in [2.75, 3.05) is 31.1 Å². The summed E-state index contributed by atoms with van der Waals surface area (Å²) in [6.45, 7) is 1.94. The number of hydrogen-bond donors (Lipinski definition) is 0. The van der Waals surface area contributed by atoms with Gasteiger partial charge in [0.2, 0.25) is 0 Å². The number of carbonyl (C=O) groups is 1. The van der Waals surface area contributed by atoms with Crippen molar-refractivity contribution in [3.8, 4) is 0 Å². The summed E-state index contributed by atoms with van der Waals surface area (Å²) in [4.78, 5) is 26.4. The maximum absolute atomic E-state index is 13.9. The predicted octanol–water partition coefficient (Wildman–Crippen LogP) is 3.35. The van der Waals surface area contributed by atoms with Gasteiger partial charge in [0.25, 0.3) is 11.6 Å². The first kappa shape index (κ1) is 17.2. The van der Waals surface area contributed by atoms with Crippen LogP contribution in [0.25, 0.3) is 0 Å². The minimum atomic E-state index is -0.629. The Bertz CT molecular complexity index is 785.